The van der Waals surface area contributed by atoms with Crippen molar-refractivity contribution in [2.24, 2.45) is 5.41 Å². The number of aliphatic hydroxyl groups excluding tert-OH is 1. The number of rotatable bonds is 10. The number of pyridine rings is 1. The molecule has 2 saturated carbocycles. The molecule has 2 unspecified atom stereocenters. The van der Waals surface area contributed by atoms with Crippen LogP contribution in [0.25, 0.3) is 32.9 Å². The molecule has 7 rings (SSSR count). The van der Waals surface area contributed by atoms with Crippen molar-refractivity contribution in [1.29, 1.82) is 0 Å². The normalized spacial score (nSPS) is 20.6. The summed E-state index contributed by atoms with van der Waals surface area (Å²) in [5.41, 5.74) is 0.633. The molecule has 1 N–H and O–H groups in total. The van der Waals surface area contributed by atoms with Crippen molar-refractivity contribution in [3.63, 3.8) is 0 Å². The zero-order valence-corrected chi connectivity index (χ0v) is 24.2. The quantitative estimate of drug-likeness (QED) is 0.250. The summed E-state index contributed by atoms with van der Waals surface area (Å²) in [7, 11) is 1.51. The Morgan fingerprint density at radius 3 is 2.79 bits per heavy atom. The summed E-state index contributed by atoms with van der Waals surface area (Å²) in [4.78, 5) is 16.1. The number of aryl methyl sites for hydroxylation is 1. The van der Waals surface area contributed by atoms with E-state index in [-0.39, 0.29) is 60.6 Å². The number of benzene rings is 2. The van der Waals surface area contributed by atoms with E-state index in [2.05, 4.69) is 14.9 Å². The predicted molar refractivity (Wildman–Crippen MR) is 156 cm³/mol. The topological polar surface area (TPSA) is 99.1 Å². The molecule has 226 valence electrons. The van der Waals surface area contributed by atoms with Crippen LogP contribution in [0.5, 0.6) is 11.8 Å². The molecule has 3 aliphatic rings. The van der Waals surface area contributed by atoms with Crippen LogP contribution in [-0.4, -0.2) is 72.5 Å². The van der Waals surface area contributed by atoms with Crippen molar-refractivity contribution in [3.8, 4) is 23.0 Å². The molecule has 9 nitrogen and oxygen atoms in total. The molecule has 11 heteroatoms. The lowest BCUT2D eigenvalue weighted by atomic mass is 9.94. The van der Waals surface area contributed by atoms with Crippen LogP contribution in [-0.2, 0) is 15.9 Å². The third-order valence-electron chi connectivity index (χ3n) is 8.78. The largest absolute Gasteiger partial charge is 0.468 e. The molecule has 1 saturated heterocycles. The van der Waals surface area contributed by atoms with Crippen LogP contribution in [0, 0.1) is 17.0 Å². The van der Waals surface area contributed by atoms with Gasteiger partial charge in [-0.15, -0.1) is 0 Å². The Morgan fingerprint density at radius 2 is 2.02 bits per heavy atom. The van der Waals surface area contributed by atoms with Gasteiger partial charge in [-0.1, -0.05) is 13.0 Å². The Balaban J connectivity index is 1.41. The second kappa shape index (κ2) is 11.1. The second-order valence-corrected chi connectivity index (χ2v) is 11.7. The molecule has 43 heavy (non-hydrogen) atoms. The molecule has 2 aliphatic carbocycles. The SMILES string of the molecule is CCc1c(F)ccc2cc(OCOC)cc(-c3ncc4c(N5CCCOC6CC65)nc(OCC5(CO)CC5)nc4c3F)c12. The zero-order chi connectivity index (χ0) is 29.7. The highest BCUT2D eigenvalue weighted by Gasteiger charge is 2.46. The molecule has 4 aromatic rings. The van der Waals surface area contributed by atoms with Crippen molar-refractivity contribution in [1.82, 2.24) is 15.0 Å². The van der Waals surface area contributed by atoms with Gasteiger partial charge in [-0.05, 0) is 66.6 Å². The maximum Gasteiger partial charge on any atom is 0.319 e. The van der Waals surface area contributed by atoms with Crippen LogP contribution in [0.3, 0.4) is 0 Å². The Bertz CT molecular complexity index is 1700. The summed E-state index contributed by atoms with van der Waals surface area (Å²) >= 11 is 0. The van der Waals surface area contributed by atoms with E-state index in [1.807, 2.05) is 6.92 Å². The van der Waals surface area contributed by atoms with Gasteiger partial charge in [-0.3, -0.25) is 4.98 Å². The molecule has 0 radical (unpaired) electrons. The molecule has 2 aromatic carbocycles. The first kappa shape index (κ1) is 28.1. The summed E-state index contributed by atoms with van der Waals surface area (Å²) in [6, 6.07) is 6.69. The van der Waals surface area contributed by atoms with Gasteiger partial charge < -0.3 is 29.0 Å². The lowest BCUT2D eigenvalue weighted by Crippen LogP contribution is -2.29. The molecule has 1 aliphatic heterocycles. The number of ether oxygens (including phenoxy) is 4. The number of anilines is 1. The fourth-order valence-corrected chi connectivity index (χ4v) is 6.03. The van der Waals surface area contributed by atoms with Gasteiger partial charge in [0.05, 0.1) is 30.7 Å². The van der Waals surface area contributed by atoms with Crippen molar-refractivity contribution in [2.45, 2.75) is 51.2 Å². The van der Waals surface area contributed by atoms with E-state index in [0.717, 1.165) is 25.7 Å². The van der Waals surface area contributed by atoms with Crippen LogP contribution >= 0.6 is 0 Å². The monoisotopic (exact) mass is 592 g/mol. The number of hydrogen-bond acceptors (Lipinski definition) is 9. The molecule has 0 bridgehead atoms. The van der Waals surface area contributed by atoms with Crippen molar-refractivity contribution >= 4 is 27.5 Å². The first-order valence-corrected chi connectivity index (χ1v) is 14.8. The molecule has 2 atom stereocenters. The zero-order valence-electron chi connectivity index (χ0n) is 24.2. The van der Waals surface area contributed by atoms with Crippen LogP contribution < -0.4 is 14.4 Å². The van der Waals surface area contributed by atoms with Gasteiger partial charge in [0.1, 0.15) is 28.6 Å². The standard InChI is InChI=1S/C32H34F2N4O5/c1-3-20-23(33)6-5-18-11-19(43-17-40-2)12-21(26(18)20)28-27(34)29-22(14-35-28)30(38-9-4-10-41-25-13-24(25)38)37-31(36-29)42-16-32(15-39)7-8-32/h5-6,11-12,14,24-25,39H,3-4,7-10,13,15-17H2,1-2H3. The Morgan fingerprint density at radius 1 is 1.16 bits per heavy atom. The number of fused-ring (bicyclic) bond motifs is 3. The smallest absolute Gasteiger partial charge is 0.319 e. The van der Waals surface area contributed by atoms with Crippen molar-refractivity contribution < 1.29 is 32.8 Å². The summed E-state index contributed by atoms with van der Waals surface area (Å²) in [6.45, 7) is 3.46. The van der Waals surface area contributed by atoms with Crippen molar-refractivity contribution in [3.05, 3.63) is 47.7 Å². The lowest BCUT2D eigenvalue weighted by Gasteiger charge is -2.24. The average molecular weight is 593 g/mol. The van der Waals surface area contributed by atoms with Crippen molar-refractivity contribution in [2.75, 3.05) is 45.2 Å². The molecule has 3 fully saturated rings. The molecule has 0 amide bonds. The van der Waals surface area contributed by atoms with Gasteiger partial charge in [0.2, 0.25) is 0 Å². The average Bonchev–Trinajstić information content (AvgIpc) is 3.94. The first-order chi connectivity index (χ1) is 20.9. The second-order valence-electron chi connectivity index (χ2n) is 11.7. The van der Waals surface area contributed by atoms with E-state index < -0.39 is 5.82 Å². The Kier molecular flexibility index (Phi) is 7.27. The van der Waals surface area contributed by atoms with Gasteiger partial charge in [0.25, 0.3) is 0 Å². The Hall–Kier alpha value is -3.67. The van der Waals surface area contributed by atoms with Gasteiger partial charge >= 0.3 is 6.01 Å². The number of aliphatic hydroxyl groups is 1. The van der Waals surface area contributed by atoms with Crippen LogP contribution in [0.15, 0.2) is 30.5 Å². The molecule has 3 heterocycles. The van der Waals surface area contributed by atoms with Crippen LogP contribution in [0.4, 0.5) is 14.6 Å². The maximum atomic E-state index is 16.8. The molecule has 0 spiro atoms. The lowest BCUT2D eigenvalue weighted by molar-refractivity contribution is 0.0512. The van der Waals surface area contributed by atoms with E-state index in [9.17, 15) is 5.11 Å². The van der Waals surface area contributed by atoms with E-state index in [4.69, 9.17) is 23.9 Å². The molecular weight excluding hydrogens is 558 g/mol. The first-order valence-electron chi connectivity index (χ1n) is 14.8. The molecule has 2 aromatic heterocycles. The van der Waals surface area contributed by atoms with E-state index in [0.29, 0.717) is 58.4 Å². The highest BCUT2D eigenvalue weighted by molar-refractivity contribution is 6.01. The minimum Gasteiger partial charge on any atom is -0.468 e. The van der Waals surface area contributed by atoms with Crippen LogP contribution in [0.1, 0.15) is 38.2 Å². The highest BCUT2D eigenvalue weighted by atomic mass is 19.1. The Labute approximate surface area is 247 Å². The van der Waals surface area contributed by atoms with Gasteiger partial charge in [-0.25, -0.2) is 8.78 Å². The fourth-order valence-electron chi connectivity index (χ4n) is 6.03. The maximum absolute atomic E-state index is 16.8. The number of aromatic nitrogens is 3. The number of nitrogens with zero attached hydrogens (tertiary/aromatic N) is 4. The minimum absolute atomic E-state index is 0.00523. The van der Waals surface area contributed by atoms with Crippen LogP contribution in [0.2, 0.25) is 0 Å². The number of hydrogen-bond donors (Lipinski definition) is 1. The highest BCUT2D eigenvalue weighted by Crippen LogP contribution is 2.46. The third-order valence-corrected chi connectivity index (χ3v) is 8.78. The summed E-state index contributed by atoms with van der Waals surface area (Å²) in [5.74, 6) is -0.0466. The number of halogens is 2. The summed E-state index contributed by atoms with van der Waals surface area (Å²) in [5, 5.41) is 11.5. The summed E-state index contributed by atoms with van der Waals surface area (Å²) in [6.07, 6.45) is 5.49. The van der Waals surface area contributed by atoms with E-state index in [1.165, 1.54) is 13.2 Å². The molecular formula is C32H34F2N4O5. The fraction of sp³-hybridized carbons (Fsp3) is 0.469. The van der Waals surface area contributed by atoms with Gasteiger partial charge in [0.15, 0.2) is 12.6 Å². The predicted octanol–water partition coefficient (Wildman–Crippen LogP) is 5.19. The number of methoxy groups -OCH3 is 1. The van der Waals surface area contributed by atoms with E-state index >= 15 is 8.78 Å². The third kappa shape index (κ3) is 5.13. The van der Waals surface area contributed by atoms with Gasteiger partial charge in [0, 0.05) is 37.4 Å². The summed E-state index contributed by atoms with van der Waals surface area (Å²) < 4.78 is 54.6. The minimum atomic E-state index is -0.663. The van der Waals surface area contributed by atoms with Gasteiger partial charge in [-0.2, -0.15) is 9.97 Å². The van der Waals surface area contributed by atoms with E-state index in [1.54, 1.807) is 24.4 Å².